The molecular formula is C16H18N4O2S. The van der Waals surface area contributed by atoms with E-state index in [1.807, 2.05) is 17.0 Å². The highest BCUT2D eigenvalue weighted by atomic mass is 32.1. The molecule has 6 nitrogen and oxygen atoms in total. The van der Waals surface area contributed by atoms with Crippen molar-refractivity contribution in [3.63, 3.8) is 0 Å². The highest BCUT2D eigenvalue weighted by Gasteiger charge is 2.31. The predicted octanol–water partition coefficient (Wildman–Crippen LogP) is 2.15. The number of carbonyl (C=O) groups is 2. The van der Waals surface area contributed by atoms with Crippen molar-refractivity contribution in [3.8, 4) is 0 Å². The molecule has 0 radical (unpaired) electrons. The zero-order valence-corrected chi connectivity index (χ0v) is 13.7. The fourth-order valence-corrected chi connectivity index (χ4v) is 3.32. The van der Waals surface area contributed by atoms with Crippen LogP contribution in [0.5, 0.6) is 0 Å². The number of amides is 2. The third-order valence-corrected chi connectivity index (χ3v) is 4.65. The molecule has 7 heteroatoms. The second-order valence-corrected chi connectivity index (χ2v) is 6.41. The van der Waals surface area contributed by atoms with Crippen molar-refractivity contribution in [3.05, 3.63) is 46.2 Å². The van der Waals surface area contributed by atoms with Gasteiger partial charge < -0.3 is 10.2 Å². The van der Waals surface area contributed by atoms with Crippen LogP contribution in [-0.2, 0) is 11.3 Å². The lowest BCUT2D eigenvalue weighted by atomic mass is 10.1. The number of thiazole rings is 1. The van der Waals surface area contributed by atoms with Gasteiger partial charge in [-0.3, -0.25) is 19.6 Å². The van der Waals surface area contributed by atoms with Gasteiger partial charge in [-0.2, -0.15) is 0 Å². The van der Waals surface area contributed by atoms with Gasteiger partial charge in [-0.05, 0) is 24.5 Å². The largest absolute Gasteiger partial charge is 0.352 e. The maximum absolute atomic E-state index is 12.6. The maximum Gasteiger partial charge on any atom is 0.266 e. The van der Waals surface area contributed by atoms with Gasteiger partial charge in [-0.15, -0.1) is 11.3 Å². The quantitative estimate of drug-likeness (QED) is 0.932. The highest BCUT2D eigenvalue weighted by Crippen LogP contribution is 2.32. The molecule has 1 N–H and O–H groups in total. The minimum Gasteiger partial charge on any atom is -0.352 e. The van der Waals surface area contributed by atoms with Crippen LogP contribution in [0.2, 0.25) is 0 Å². The van der Waals surface area contributed by atoms with Crippen LogP contribution < -0.4 is 5.32 Å². The van der Waals surface area contributed by atoms with Gasteiger partial charge in [0.2, 0.25) is 5.91 Å². The highest BCUT2D eigenvalue weighted by molar-refractivity contribution is 7.11. The third kappa shape index (κ3) is 3.56. The van der Waals surface area contributed by atoms with Crippen molar-refractivity contribution in [2.24, 2.45) is 0 Å². The van der Waals surface area contributed by atoms with E-state index in [2.05, 4.69) is 15.3 Å². The number of nitrogens with zero attached hydrogens (tertiary/aromatic N) is 3. The van der Waals surface area contributed by atoms with Crippen molar-refractivity contribution in [2.45, 2.75) is 32.4 Å². The number of pyridine rings is 1. The topological polar surface area (TPSA) is 75.2 Å². The number of rotatable bonds is 4. The molecule has 1 unspecified atom stereocenters. The standard InChI is InChI=1S/C16H18N4O2S/c1-11(21)18-7-12-4-5-13(19-8-12)14-3-2-6-20(14)16(22)15-9-17-10-23-15/h4-5,8-10,14H,2-3,6-7H2,1H3,(H,18,21). The van der Waals surface area contributed by atoms with E-state index in [0.717, 1.165) is 30.6 Å². The number of hydrogen-bond donors (Lipinski definition) is 1. The van der Waals surface area contributed by atoms with Crippen LogP contribution in [0.4, 0.5) is 0 Å². The van der Waals surface area contributed by atoms with Crippen molar-refractivity contribution in [2.75, 3.05) is 6.54 Å². The Bertz CT molecular complexity index is 685. The second-order valence-electron chi connectivity index (χ2n) is 5.52. The lowest BCUT2D eigenvalue weighted by Crippen LogP contribution is -2.30. The first-order chi connectivity index (χ1) is 11.1. The van der Waals surface area contributed by atoms with Gasteiger partial charge in [0.1, 0.15) is 4.88 Å². The van der Waals surface area contributed by atoms with Gasteiger partial charge in [0, 0.05) is 26.2 Å². The SMILES string of the molecule is CC(=O)NCc1ccc(C2CCCN2C(=O)c2cncs2)nc1. The Hall–Kier alpha value is -2.28. The first-order valence-electron chi connectivity index (χ1n) is 7.54. The third-order valence-electron chi connectivity index (χ3n) is 3.89. The van der Waals surface area contributed by atoms with E-state index in [4.69, 9.17) is 0 Å². The zero-order valence-electron chi connectivity index (χ0n) is 12.9. The molecule has 0 saturated carbocycles. The molecule has 2 amide bonds. The van der Waals surface area contributed by atoms with Gasteiger partial charge in [0.25, 0.3) is 5.91 Å². The first kappa shape index (κ1) is 15.6. The van der Waals surface area contributed by atoms with Crippen LogP contribution in [0.15, 0.2) is 30.0 Å². The Morgan fingerprint density at radius 2 is 2.26 bits per heavy atom. The Labute approximate surface area is 138 Å². The Morgan fingerprint density at radius 1 is 1.39 bits per heavy atom. The molecule has 0 spiro atoms. The smallest absolute Gasteiger partial charge is 0.266 e. The molecular weight excluding hydrogens is 312 g/mol. The lowest BCUT2D eigenvalue weighted by Gasteiger charge is -2.23. The molecule has 1 fully saturated rings. The zero-order chi connectivity index (χ0) is 16.2. The van der Waals surface area contributed by atoms with E-state index in [1.165, 1.54) is 18.3 Å². The molecule has 1 atom stereocenters. The summed E-state index contributed by atoms with van der Waals surface area (Å²) in [6.07, 6.45) is 5.28. The minimum absolute atomic E-state index is 0.0133. The molecule has 1 aliphatic heterocycles. The minimum atomic E-state index is -0.0637. The lowest BCUT2D eigenvalue weighted by molar-refractivity contribution is -0.119. The molecule has 0 aromatic carbocycles. The molecule has 1 aliphatic rings. The normalized spacial score (nSPS) is 17.3. The van der Waals surface area contributed by atoms with Crippen molar-refractivity contribution < 1.29 is 9.59 Å². The van der Waals surface area contributed by atoms with E-state index in [-0.39, 0.29) is 17.9 Å². The molecule has 0 bridgehead atoms. The van der Waals surface area contributed by atoms with Crippen molar-refractivity contribution in [1.82, 2.24) is 20.2 Å². The van der Waals surface area contributed by atoms with Crippen molar-refractivity contribution >= 4 is 23.2 Å². The Kier molecular flexibility index (Phi) is 4.66. The van der Waals surface area contributed by atoms with Crippen LogP contribution in [0.25, 0.3) is 0 Å². The van der Waals surface area contributed by atoms with Crippen LogP contribution in [0.1, 0.15) is 46.7 Å². The fraction of sp³-hybridized carbons (Fsp3) is 0.375. The number of likely N-dealkylation sites (tertiary alicyclic amines) is 1. The van der Waals surface area contributed by atoms with E-state index in [0.29, 0.717) is 11.4 Å². The summed E-state index contributed by atoms with van der Waals surface area (Å²) in [4.78, 5) is 34.5. The molecule has 2 aromatic heterocycles. The second kappa shape index (κ2) is 6.87. The summed E-state index contributed by atoms with van der Waals surface area (Å²) < 4.78 is 0. The van der Waals surface area contributed by atoms with Gasteiger partial charge in [-0.1, -0.05) is 6.07 Å². The Morgan fingerprint density at radius 3 is 2.91 bits per heavy atom. The van der Waals surface area contributed by atoms with Crippen LogP contribution in [-0.4, -0.2) is 33.2 Å². The summed E-state index contributed by atoms with van der Waals surface area (Å²) in [5.74, 6) is -0.0367. The number of hydrogen-bond acceptors (Lipinski definition) is 5. The average molecular weight is 330 g/mol. The number of aromatic nitrogens is 2. The summed E-state index contributed by atoms with van der Waals surface area (Å²) in [5.41, 5.74) is 3.52. The summed E-state index contributed by atoms with van der Waals surface area (Å²) >= 11 is 1.36. The molecule has 0 aliphatic carbocycles. The van der Waals surface area contributed by atoms with Crippen LogP contribution >= 0.6 is 11.3 Å². The summed E-state index contributed by atoms with van der Waals surface area (Å²) in [7, 11) is 0. The monoisotopic (exact) mass is 330 g/mol. The van der Waals surface area contributed by atoms with Gasteiger partial charge in [-0.25, -0.2) is 0 Å². The van der Waals surface area contributed by atoms with E-state index >= 15 is 0 Å². The molecule has 3 rings (SSSR count). The van der Waals surface area contributed by atoms with Gasteiger partial charge in [0.15, 0.2) is 0 Å². The molecule has 120 valence electrons. The fourth-order valence-electron chi connectivity index (χ4n) is 2.74. The molecule has 23 heavy (non-hydrogen) atoms. The number of carbonyl (C=O) groups excluding carboxylic acids is 2. The van der Waals surface area contributed by atoms with E-state index < -0.39 is 0 Å². The molecule has 2 aromatic rings. The van der Waals surface area contributed by atoms with Gasteiger partial charge >= 0.3 is 0 Å². The van der Waals surface area contributed by atoms with Gasteiger partial charge in [0.05, 0.1) is 23.4 Å². The van der Waals surface area contributed by atoms with E-state index in [1.54, 1.807) is 17.9 Å². The maximum atomic E-state index is 12.6. The molecule has 3 heterocycles. The Balaban J connectivity index is 1.72. The van der Waals surface area contributed by atoms with E-state index in [9.17, 15) is 9.59 Å². The summed E-state index contributed by atoms with van der Waals surface area (Å²) in [6, 6.07) is 3.91. The molecule has 1 saturated heterocycles. The first-order valence-corrected chi connectivity index (χ1v) is 8.42. The predicted molar refractivity (Wildman–Crippen MR) is 86.9 cm³/mol. The summed E-state index contributed by atoms with van der Waals surface area (Å²) in [6.45, 7) is 2.71. The summed E-state index contributed by atoms with van der Waals surface area (Å²) in [5, 5.41) is 2.75. The van der Waals surface area contributed by atoms with Crippen molar-refractivity contribution in [1.29, 1.82) is 0 Å². The van der Waals surface area contributed by atoms with Crippen LogP contribution in [0, 0.1) is 0 Å². The average Bonchev–Trinajstić information content (AvgIpc) is 3.24. The van der Waals surface area contributed by atoms with Crippen LogP contribution in [0.3, 0.4) is 0 Å². The number of nitrogens with one attached hydrogen (secondary N) is 1.